The minimum Gasteiger partial charge on any atom is -0.393 e. The maximum atomic E-state index is 9.38. The Morgan fingerprint density at radius 1 is 1.53 bits per heavy atom. The fourth-order valence-corrected chi connectivity index (χ4v) is 2.28. The highest BCUT2D eigenvalue weighted by Crippen LogP contribution is 2.43. The number of benzene rings is 1. The Labute approximate surface area is 89.1 Å². The minimum absolute atomic E-state index is 0.105. The van der Waals surface area contributed by atoms with Gasteiger partial charge >= 0.3 is 0 Å². The molecule has 0 radical (unpaired) electrons. The van der Waals surface area contributed by atoms with Crippen molar-refractivity contribution in [1.82, 2.24) is 0 Å². The number of hydrogen-bond acceptors (Lipinski definition) is 3. The number of hydrogen-bond donors (Lipinski definition) is 2. The van der Waals surface area contributed by atoms with Crippen LogP contribution in [0.1, 0.15) is 24.0 Å². The molecule has 3 nitrogen and oxygen atoms in total. The first-order valence-corrected chi connectivity index (χ1v) is 5.09. The molecule has 3 N–H and O–H groups in total. The lowest BCUT2D eigenvalue weighted by Gasteiger charge is -2.45. The fourth-order valence-electron chi connectivity index (χ4n) is 2.28. The predicted octanol–water partition coefficient (Wildman–Crippen LogP) is 0.909. The van der Waals surface area contributed by atoms with Crippen LogP contribution < -0.4 is 5.73 Å². The molecule has 1 aliphatic carbocycles. The lowest BCUT2D eigenvalue weighted by molar-refractivity contribution is 0.0221. The normalized spacial score (nSPS) is 29.3. The highest BCUT2D eigenvalue weighted by atomic mass is 16.3. The first kappa shape index (κ1) is 10.2. The van der Waals surface area contributed by atoms with Gasteiger partial charge in [-0.3, -0.25) is 0 Å². The topological polar surface area (TPSA) is 70.0 Å². The van der Waals surface area contributed by atoms with E-state index in [0.717, 1.165) is 5.56 Å². The summed E-state index contributed by atoms with van der Waals surface area (Å²) in [6.45, 7) is 0.527. The van der Waals surface area contributed by atoms with Gasteiger partial charge in [0.25, 0.3) is 0 Å². The Morgan fingerprint density at radius 3 is 2.80 bits per heavy atom. The standard InChI is InChI=1S/C12H14N2O/c13-7-9-2-1-3-10(4-9)12(8-14)5-11(15)6-12/h1-4,11,15H,5-6,8,14H2. The average molecular weight is 202 g/mol. The number of nitrogens with zero attached hydrogens (tertiary/aromatic N) is 1. The van der Waals surface area contributed by atoms with E-state index in [1.165, 1.54) is 0 Å². The summed E-state index contributed by atoms with van der Waals surface area (Å²) < 4.78 is 0. The van der Waals surface area contributed by atoms with Crippen molar-refractivity contribution in [2.75, 3.05) is 6.54 Å². The number of nitrogens with two attached hydrogens (primary N) is 1. The zero-order valence-corrected chi connectivity index (χ0v) is 8.48. The smallest absolute Gasteiger partial charge is 0.0991 e. The maximum Gasteiger partial charge on any atom is 0.0991 e. The minimum atomic E-state index is -0.237. The summed E-state index contributed by atoms with van der Waals surface area (Å²) in [5, 5.41) is 18.2. The summed E-state index contributed by atoms with van der Waals surface area (Å²) in [4.78, 5) is 0. The summed E-state index contributed by atoms with van der Waals surface area (Å²) >= 11 is 0. The van der Waals surface area contributed by atoms with Crippen LogP contribution in [0.15, 0.2) is 24.3 Å². The molecular weight excluding hydrogens is 188 g/mol. The molecule has 0 atom stereocenters. The van der Waals surface area contributed by atoms with Gasteiger partial charge in [0.15, 0.2) is 0 Å². The molecule has 0 saturated heterocycles. The van der Waals surface area contributed by atoms with Crippen molar-refractivity contribution in [1.29, 1.82) is 5.26 Å². The first-order chi connectivity index (χ1) is 7.20. The van der Waals surface area contributed by atoms with Crippen molar-refractivity contribution in [2.24, 2.45) is 5.73 Å². The van der Waals surface area contributed by atoms with E-state index in [4.69, 9.17) is 11.0 Å². The van der Waals surface area contributed by atoms with Gasteiger partial charge in [-0.2, -0.15) is 5.26 Å². The average Bonchev–Trinajstić information content (AvgIpc) is 2.24. The van der Waals surface area contributed by atoms with E-state index in [9.17, 15) is 5.11 Å². The van der Waals surface area contributed by atoms with Gasteiger partial charge in [0.05, 0.1) is 17.7 Å². The Morgan fingerprint density at radius 2 is 2.27 bits per heavy atom. The molecule has 78 valence electrons. The fraction of sp³-hybridized carbons (Fsp3) is 0.417. The third-order valence-corrected chi connectivity index (χ3v) is 3.25. The molecule has 0 amide bonds. The Bertz CT molecular complexity index is 402. The SMILES string of the molecule is N#Cc1cccc(C2(CN)CC(O)C2)c1. The van der Waals surface area contributed by atoms with Gasteiger partial charge in [0.1, 0.15) is 0 Å². The highest BCUT2D eigenvalue weighted by molar-refractivity contribution is 5.38. The number of nitriles is 1. The molecule has 3 heteroatoms. The van der Waals surface area contributed by atoms with Crippen molar-refractivity contribution in [3.05, 3.63) is 35.4 Å². The van der Waals surface area contributed by atoms with Crippen LogP contribution in [-0.2, 0) is 5.41 Å². The second-order valence-corrected chi connectivity index (χ2v) is 4.24. The van der Waals surface area contributed by atoms with Crippen LogP contribution in [0.3, 0.4) is 0 Å². The van der Waals surface area contributed by atoms with Crippen LogP contribution >= 0.6 is 0 Å². The van der Waals surface area contributed by atoms with E-state index in [1.54, 1.807) is 6.07 Å². The van der Waals surface area contributed by atoms with Crippen molar-refractivity contribution in [3.63, 3.8) is 0 Å². The third kappa shape index (κ3) is 1.63. The molecule has 2 rings (SSSR count). The second kappa shape index (κ2) is 3.65. The van der Waals surface area contributed by atoms with Crippen LogP contribution in [0.25, 0.3) is 0 Å². The van der Waals surface area contributed by atoms with Crippen LogP contribution in [0.5, 0.6) is 0 Å². The first-order valence-electron chi connectivity index (χ1n) is 5.09. The van der Waals surface area contributed by atoms with Gasteiger partial charge in [0.2, 0.25) is 0 Å². The molecule has 0 aliphatic heterocycles. The largest absolute Gasteiger partial charge is 0.393 e. The summed E-state index contributed by atoms with van der Waals surface area (Å²) in [7, 11) is 0. The quantitative estimate of drug-likeness (QED) is 0.748. The molecule has 1 aromatic rings. The molecule has 1 aliphatic rings. The molecule has 0 unspecified atom stereocenters. The maximum absolute atomic E-state index is 9.38. The van der Waals surface area contributed by atoms with Crippen molar-refractivity contribution in [3.8, 4) is 6.07 Å². The van der Waals surface area contributed by atoms with Gasteiger partial charge < -0.3 is 10.8 Å². The van der Waals surface area contributed by atoms with E-state index in [1.807, 2.05) is 18.2 Å². The van der Waals surface area contributed by atoms with Crippen molar-refractivity contribution >= 4 is 0 Å². The van der Waals surface area contributed by atoms with Gasteiger partial charge in [-0.1, -0.05) is 12.1 Å². The van der Waals surface area contributed by atoms with E-state index >= 15 is 0 Å². The lowest BCUT2D eigenvalue weighted by Crippen LogP contribution is -2.49. The Balaban J connectivity index is 2.32. The molecule has 0 bridgehead atoms. The molecule has 1 aromatic carbocycles. The van der Waals surface area contributed by atoms with Crippen LogP contribution in [-0.4, -0.2) is 17.8 Å². The summed E-state index contributed by atoms with van der Waals surface area (Å²) in [5.74, 6) is 0. The predicted molar refractivity (Wildman–Crippen MR) is 57.1 cm³/mol. The van der Waals surface area contributed by atoms with Crippen LogP contribution in [0.2, 0.25) is 0 Å². The molecule has 0 spiro atoms. The number of aliphatic hydroxyl groups excluding tert-OH is 1. The Hall–Kier alpha value is -1.37. The van der Waals surface area contributed by atoms with E-state index in [-0.39, 0.29) is 11.5 Å². The Kier molecular flexibility index (Phi) is 2.47. The third-order valence-electron chi connectivity index (χ3n) is 3.25. The van der Waals surface area contributed by atoms with E-state index in [2.05, 4.69) is 6.07 Å². The van der Waals surface area contributed by atoms with Gasteiger partial charge in [-0.25, -0.2) is 0 Å². The van der Waals surface area contributed by atoms with Crippen molar-refractivity contribution < 1.29 is 5.11 Å². The molecule has 0 aromatic heterocycles. The van der Waals surface area contributed by atoms with Gasteiger partial charge in [-0.05, 0) is 30.5 Å². The monoisotopic (exact) mass is 202 g/mol. The number of rotatable bonds is 2. The molecule has 1 fully saturated rings. The number of aliphatic hydroxyl groups is 1. The van der Waals surface area contributed by atoms with Crippen LogP contribution in [0, 0.1) is 11.3 Å². The van der Waals surface area contributed by atoms with E-state index < -0.39 is 0 Å². The zero-order valence-electron chi connectivity index (χ0n) is 8.48. The summed E-state index contributed by atoms with van der Waals surface area (Å²) in [6.07, 6.45) is 1.18. The molecule has 0 heterocycles. The molecule has 15 heavy (non-hydrogen) atoms. The van der Waals surface area contributed by atoms with Crippen LogP contribution in [0.4, 0.5) is 0 Å². The highest BCUT2D eigenvalue weighted by Gasteiger charge is 2.43. The van der Waals surface area contributed by atoms with Gasteiger partial charge in [-0.15, -0.1) is 0 Å². The molecular formula is C12H14N2O. The lowest BCUT2D eigenvalue weighted by atomic mass is 9.62. The molecule has 1 saturated carbocycles. The summed E-state index contributed by atoms with van der Waals surface area (Å²) in [5.41, 5.74) is 7.39. The van der Waals surface area contributed by atoms with Crippen molar-refractivity contribution in [2.45, 2.75) is 24.4 Å². The van der Waals surface area contributed by atoms with E-state index in [0.29, 0.717) is 24.9 Å². The van der Waals surface area contributed by atoms with Gasteiger partial charge in [0, 0.05) is 12.0 Å². The summed E-state index contributed by atoms with van der Waals surface area (Å²) in [6, 6.07) is 9.63. The zero-order chi connectivity index (χ0) is 10.9. The second-order valence-electron chi connectivity index (χ2n) is 4.24.